The fourth-order valence-corrected chi connectivity index (χ4v) is 11.8. The van der Waals surface area contributed by atoms with E-state index in [-0.39, 0.29) is 0 Å². The summed E-state index contributed by atoms with van der Waals surface area (Å²) in [4.78, 5) is 0. The molecule has 0 atom stereocenters. The van der Waals surface area contributed by atoms with Crippen LogP contribution in [0.15, 0.2) is 249 Å². The first kappa shape index (κ1) is 38.0. The van der Waals surface area contributed by atoms with Crippen molar-refractivity contribution >= 4 is 97.7 Å². The molecule has 0 amide bonds. The molecule has 3 heteroatoms. The second kappa shape index (κ2) is 14.7. The van der Waals surface area contributed by atoms with Crippen LogP contribution >= 0.6 is 0 Å². The maximum Gasteiger partial charge on any atom is 0.0561 e. The van der Waals surface area contributed by atoms with Crippen molar-refractivity contribution in [2.45, 2.75) is 0 Å². The van der Waals surface area contributed by atoms with E-state index >= 15 is 0 Å². The number of aromatic nitrogens is 3. The van der Waals surface area contributed by atoms with Gasteiger partial charge in [-0.15, -0.1) is 0 Å². The number of para-hydroxylation sites is 4. The Balaban J connectivity index is 0.925. The van der Waals surface area contributed by atoms with Crippen molar-refractivity contribution in [2.24, 2.45) is 0 Å². The first-order valence-electron chi connectivity index (χ1n) is 23.8. The normalized spacial score (nSPS) is 12.1. The van der Waals surface area contributed by atoms with Gasteiger partial charge in [0.15, 0.2) is 0 Å². The van der Waals surface area contributed by atoms with Gasteiger partial charge in [0.1, 0.15) is 0 Å². The quantitative estimate of drug-likeness (QED) is 0.153. The zero-order chi connectivity index (χ0) is 45.2. The van der Waals surface area contributed by atoms with Crippen LogP contribution in [0.5, 0.6) is 0 Å². The van der Waals surface area contributed by atoms with E-state index in [0.717, 1.165) is 11.4 Å². The SMILES string of the molecule is c1ccc(-n2c3ccccc3c3ccc(-n4c5ccccc5c5cc(-c6cccc7cccc(-c8ccc9c%10ccccc%10n(-c%10cc%11ccccc%11c%11ccccc%10%11)c9c8)c67)ccc54)cc32)cc1. The molecule has 0 N–H and O–H groups in total. The number of hydrogen-bond donors (Lipinski definition) is 0. The minimum atomic E-state index is 1.14. The summed E-state index contributed by atoms with van der Waals surface area (Å²) in [6, 6.07) is 91.9. The molecule has 0 fully saturated rings. The second-order valence-corrected chi connectivity index (χ2v) is 18.4. The molecule has 69 heavy (non-hydrogen) atoms. The summed E-state index contributed by atoms with van der Waals surface area (Å²) in [5.41, 5.74) is 15.5. The smallest absolute Gasteiger partial charge is 0.0561 e. The fraction of sp³-hybridized carbons (Fsp3) is 0. The molecule has 320 valence electrons. The van der Waals surface area contributed by atoms with Crippen LogP contribution in [-0.4, -0.2) is 13.7 Å². The highest BCUT2D eigenvalue weighted by Crippen LogP contribution is 2.44. The number of fused-ring (bicyclic) bond motifs is 13. The van der Waals surface area contributed by atoms with Crippen molar-refractivity contribution in [3.8, 4) is 39.3 Å². The average molecular weight is 876 g/mol. The summed E-state index contributed by atoms with van der Waals surface area (Å²) in [6.45, 7) is 0. The van der Waals surface area contributed by atoms with Crippen LogP contribution in [0.4, 0.5) is 0 Å². The van der Waals surface area contributed by atoms with Crippen LogP contribution < -0.4 is 0 Å². The van der Waals surface area contributed by atoms with Gasteiger partial charge in [0, 0.05) is 49.1 Å². The van der Waals surface area contributed by atoms with E-state index in [2.05, 4.69) is 262 Å². The van der Waals surface area contributed by atoms with Gasteiger partial charge in [-0.05, 0) is 116 Å². The minimum absolute atomic E-state index is 1.14. The molecule has 0 saturated heterocycles. The highest BCUT2D eigenvalue weighted by Gasteiger charge is 2.20. The van der Waals surface area contributed by atoms with Crippen molar-refractivity contribution in [3.05, 3.63) is 249 Å². The molecule has 12 aromatic carbocycles. The lowest BCUT2D eigenvalue weighted by Crippen LogP contribution is -1.97. The van der Waals surface area contributed by atoms with Crippen molar-refractivity contribution in [3.63, 3.8) is 0 Å². The Morgan fingerprint density at radius 2 is 0.696 bits per heavy atom. The molecule has 0 aliphatic heterocycles. The van der Waals surface area contributed by atoms with E-state index in [9.17, 15) is 0 Å². The predicted molar refractivity (Wildman–Crippen MR) is 293 cm³/mol. The highest BCUT2D eigenvalue weighted by atomic mass is 15.0. The van der Waals surface area contributed by atoms with Gasteiger partial charge in [-0.2, -0.15) is 0 Å². The van der Waals surface area contributed by atoms with Gasteiger partial charge in [0.05, 0.1) is 38.8 Å². The first-order valence-corrected chi connectivity index (χ1v) is 23.8. The number of hydrogen-bond acceptors (Lipinski definition) is 0. The third-order valence-corrected chi connectivity index (χ3v) is 14.8. The largest absolute Gasteiger partial charge is 0.309 e. The average Bonchev–Trinajstić information content (AvgIpc) is 4.05. The maximum atomic E-state index is 2.50. The van der Waals surface area contributed by atoms with E-state index in [1.54, 1.807) is 0 Å². The molecule has 0 unspecified atom stereocenters. The summed E-state index contributed by atoms with van der Waals surface area (Å²) in [6.07, 6.45) is 0. The van der Waals surface area contributed by atoms with Crippen molar-refractivity contribution in [1.29, 1.82) is 0 Å². The Hall–Kier alpha value is -9.18. The molecule has 3 nitrogen and oxygen atoms in total. The van der Waals surface area contributed by atoms with Gasteiger partial charge in [-0.3, -0.25) is 0 Å². The Morgan fingerprint density at radius 3 is 1.41 bits per heavy atom. The Kier molecular flexibility index (Phi) is 8.07. The molecule has 0 saturated carbocycles. The Labute approximate surface area is 397 Å². The van der Waals surface area contributed by atoms with Crippen LogP contribution in [0.2, 0.25) is 0 Å². The molecule has 0 radical (unpaired) electrons. The third kappa shape index (κ3) is 5.56. The molecular weight excluding hydrogens is 835 g/mol. The van der Waals surface area contributed by atoms with Gasteiger partial charge < -0.3 is 13.7 Å². The van der Waals surface area contributed by atoms with Gasteiger partial charge in [0.25, 0.3) is 0 Å². The van der Waals surface area contributed by atoms with E-state index in [4.69, 9.17) is 0 Å². The lowest BCUT2D eigenvalue weighted by molar-refractivity contribution is 1.15. The summed E-state index contributed by atoms with van der Waals surface area (Å²) in [7, 11) is 0. The van der Waals surface area contributed by atoms with Gasteiger partial charge in [-0.25, -0.2) is 0 Å². The van der Waals surface area contributed by atoms with Crippen LogP contribution in [0.1, 0.15) is 0 Å². The van der Waals surface area contributed by atoms with Gasteiger partial charge in [-0.1, -0.05) is 182 Å². The third-order valence-electron chi connectivity index (χ3n) is 14.8. The lowest BCUT2D eigenvalue weighted by Gasteiger charge is -2.16. The topological polar surface area (TPSA) is 14.8 Å². The fourth-order valence-electron chi connectivity index (χ4n) is 11.8. The van der Waals surface area contributed by atoms with Crippen molar-refractivity contribution < 1.29 is 0 Å². The molecule has 0 bridgehead atoms. The molecule has 0 spiro atoms. The Morgan fingerprint density at radius 1 is 0.217 bits per heavy atom. The van der Waals surface area contributed by atoms with Crippen LogP contribution in [0, 0.1) is 0 Å². The van der Waals surface area contributed by atoms with E-state index in [1.165, 1.54) is 126 Å². The molecular formula is C66H41N3. The minimum Gasteiger partial charge on any atom is -0.309 e. The van der Waals surface area contributed by atoms with Crippen LogP contribution in [0.25, 0.3) is 137 Å². The second-order valence-electron chi connectivity index (χ2n) is 18.4. The maximum absolute atomic E-state index is 2.50. The molecule has 3 aromatic heterocycles. The molecule has 15 aromatic rings. The lowest BCUT2D eigenvalue weighted by atomic mass is 9.90. The zero-order valence-electron chi connectivity index (χ0n) is 37.5. The Bertz CT molecular complexity index is 4600. The molecule has 0 aliphatic carbocycles. The summed E-state index contributed by atoms with van der Waals surface area (Å²) in [5.74, 6) is 0. The van der Waals surface area contributed by atoms with E-state index < -0.39 is 0 Å². The summed E-state index contributed by atoms with van der Waals surface area (Å²) >= 11 is 0. The van der Waals surface area contributed by atoms with Crippen LogP contribution in [-0.2, 0) is 0 Å². The highest BCUT2D eigenvalue weighted by molar-refractivity contribution is 6.18. The summed E-state index contributed by atoms with van der Waals surface area (Å²) < 4.78 is 7.35. The monoisotopic (exact) mass is 875 g/mol. The van der Waals surface area contributed by atoms with Crippen LogP contribution in [0.3, 0.4) is 0 Å². The standard InChI is InChI=1S/C66H41N3/c1-2-19-46(20-3-1)67-59-29-11-8-24-53(59)57-36-34-47(41-65(57)67)68-60-30-12-10-26-55(60)58-38-44(33-37-62(58)68)49-27-14-17-42-18-15-28-50(66(42)49)45-32-35-56-54-25-9-13-31-61(54)69(64(56)40-45)63-39-43-16-4-5-21-48(43)51-22-6-7-23-52(51)63/h1-41H. The number of rotatable bonds is 5. The summed E-state index contributed by atoms with van der Waals surface area (Å²) in [5, 5.41) is 14.9. The number of benzene rings is 12. The first-order chi connectivity index (χ1) is 34.2. The molecule has 3 heterocycles. The van der Waals surface area contributed by atoms with Crippen molar-refractivity contribution in [2.75, 3.05) is 0 Å². The van der Waals surface area contributed by atoms with E-state index in [1.807, 2.05) is 0 Å². The molecule has 0 aliphatic rings. The zero-order valence-corrected chi connectivity index (χ0v) is 37.5. The van der Waals surface area contributed by atoms with Gasteiger partial charge >= 0.3 is 0 Å². The number of nitrogens with zero attached hydrogens (tertiary/aromatic N) is 3. The van der Waals surface area contributed by atoms with Crippen molar-refractivity contribution in [1.82, 2.24) is 13.7 Å². The van der Waals surface area contributed by atoms with Gasteiger partial charge in [0.2, 0.25) is 0 Å². The van der Waals surface area contributed by atoms with E-state index in [0.29, 0.717) is 0 Å². The predicted octanol–water partition coefficient (Wildman–Crippen LogP) is 17.8. The molecule has 15 rings (SSSR count).